The molecule has 0 aromatic carbocycles. The highest BCUT2D eigenvalue weighted by Crippen LogP contribution is 2.19. The molecule has 0 bridgehead atoms. The molecule has 104 valence electrons. The van der Waals surface area contributed by atoms with Gasteiger partial charge in [-0.15, -0.1) is 0 Å². The first-order valence-corrected chi connectivity index (χ1v) is 6.04. The highest BCUT2D eigenvalue weighted by molar-refractivity contribution is 5.69. The molecule has 6 heteroatoms. The van der Waals surface area contributed by atoms with Crippen LogP contribution in [0.25, 0.3) is 0 Å². The van der Waals surface area contributed by atoms with Crippen LogP contribution in [-0.4, -0.2) is 54.7 Å². The maximum atomic E-state index is 11.9. The molecule has 1 heterocycles. The van der Waals surface area contributed by atoms with Gasteiger partial charge in [0.1, 0.15) is 5.60 Å². The lowest BCUT2D eigenvalue weighted by Crippen LogP contribution is -2.40. The number of carbonyl (C=O) groups excluding carboxylic acids is 1. The van der Waals surface area contributed by atoms with Crippen LogP contribution in [0.5, 0.6) is 0 Å². The van der Waals surface area contributed by atoms with E-state index in [2.05, 4.69) is 5.43 Å². The number of carbonyl (C=O) groups is 1. The Bertz CT molecular complexity index is 333. The van der Waals surface area contributed by atoms with Crippen LogP contribution in [0.4, 0.5) is 4.79 Å². The third kappa shape index (κ3) is 4.19. The molecule has 1 aliphatic heterocycles. The summed E-state index contributed by atoms with van der Waals surface area (Å²) in [4.78, 5) is 15.5. The number of hydrogen-bond donors (Lipinski definition) is 2. The maximum absolute atomic E-state index is 11.9. The van der Waals surface area contributed by atoms with Gasteiger partial charge in [0, 0.05) is 33.4 Å². The monoisotopic (exact) mass is 256 g/mol. The van der Waals surface area contributed by atoms with E-state index >= 15 is 0 Å². The van der Waals surface area contributed by atoms with Gasteiger partial charge in [0.2, 0.25) is 0 Å². The van der Waals surface area contributed by atoms with Crippen LogP contribution in [0.2, 0.25) is 0 Å². The average molecular weight is 256 g/mol. The molecular weight excluding hydrogens is 232 g/mol. The summed E-state index contributed by atoms with van der Waals surface area (Å²) in [6, 6.07) is -0.0140. The number of nitrogens with two attached hydrogens (primary N) is 1. The Labute approximate surface area is 109 Å². The van der Waals surface area contributed by atoms with E-state index in [-0.39, 0.29) is 12.1 Å². The fraction of sp³-hybridized carbons (Fsp3) is 0.750. The predicted octanol–water partition coefficient (Wildman–Crippen LogP) is 0.515. The third-order valence-corrected chi connectivity index (χ3v) is 2.50. The lowest BCUT2D eigenvalue weighted by atomic mass is 10.2. The van der Waals surface area contributed by atoms with Crippen LogP contribution < -0.4 is 11.3 Å². The quantitative estimate of drug-likeness (QED) is 0.556. The smallest absolute Gasteiger partial charge is 0.410 e. The second-order valence-corrected chi connectivity index (χ2v) is 5.75. The molecule has 3 N–H and O–H groups in total. The van der Waals surface area contributed by atoms with Crippen molar-refractivity contribution in [3.05, 3.63) is 11.8 Å². The molecule has 0 saturated carbocycles. The van der Waals surface area contributed by atoms with E-state index in [1.807, 2.05) is 46.0 Å². The summed E-state index contributed by atoms with van der Waals surface area (Å²) >= 11 is 0. The van der Waals surface area contributed by atoms with Crippen molar-refractivity contribution in [1.82, 2.24) is 15.2 Å². The van der Waals surface area contributed by atoms with Crippen LogP contribution in [0, 0.1) is 0 Å². The number of hydrazine groups is 1. The van der Waals surface area contributed by atoms with Crippen LogP contribution in [0.3, 0.4) is 0 Å². The van der Waals surface area contributed by atoms with Gasteiger partial charge >= 0.3 is 6.09 Å². The summed E-state index contributed by atoms with van der Waals surface area (Å²) in [5.41, 5.74) is 3.32. The van der Waals surface area contributed by atoms with Crippen molar-refractivity contribution < 1.29 is 9.53 Å². The minimum absolute atomic E-state index is 0.0140. The molecular formula is C12H24N4O2. The summed E-state index contributed by atoms with van der Waals surface area (Å²) in [5.74, 6) is 5.50. The van der Waals surface area contributed by atoms with Crippen molar-refractivity contribution in [2.24, 2.45) is 5.84 Å². The molecule has 0 aliphatic carbocycles. The average Bonchev–Trinajstić information content (AvgIpc) is 2.57. The second kappa shape index (κ2) is 5.58. The van der Waals surface area contributed by atoms with Crippen molar-refractivity contribution in [2.45, 2.75) is 32.4 Å². The number of amides is 1. The molecule has 0 aromatic rings. The largest absolute Gasteiger partial charge is 0.444 e. The standard InChI is InChI=1S/C12H24N4O2/c1-12(2,3)18-11(17)16-7-9(6-15(4)5)10(8-16)14-13/h6,10,14H,7-8,13H2,1-5H3. The van der Waals surface area contributed by atoms with Crippen molar-refractivity contribution in [3.63, 3.8) is 0 Å². The highest BCUT2D eigenvalue weighted by Gasteiger charge is 2.32. The fourth-order valence-corrected chi connectivity index (χ4v) is 1.82. The topological polar surface area (TPSA) is 70.8 Å². The molecule has 1 rings (SSSR count). The molecule has 1 aliphatic rings. The summed E-state index contributed by atoms with van der Waals surface area (Å²) < 4.78 is 5.35. The number of nitrogens with zero attached hydrogens (tertiary/aromatic N) is 2. The summed E-state index contributed by atoms with van der Waals surface area (Å²) in [6.45, 7) is 6.65. The van der Waals surface area contributed by atoms with Crippen molar-refractivity contribution >= 4 is 6.09 Å². The first kappa shape index (κ1) is 14.8. The van der Waals surface area contributed by atoms with E-state index in [4.69, 9.17) is 10.6 Å². The molecule has 1 saturated heterocycles. The van der Waals surface area contributed by atoms with E-state index in [9.17, 15) is 4.79 Å². The number of nitrogens with one attached hydrogen (secondary N) is 1. The van der Waals surface area contributed by atoms with E-state index in [0.29, 0.717) is 13.1 Å². The Balaban J connectivity index is 2.70. The van der Waals surface area contributed by atoms with E-state index in [0.717, 1.165) is 5.57 Å². The zero-order valence-electron chi connectivity index (χ0n) is 11.9. The van der Waals surface area contributed by atoms with Gasteiger partial charge in [-0.3, -0.25) is 11.3 Å². The predicted molar refractivity (Wildman–Crippen MR) is 70.7 cm³/mol. The Morgan fingerprint density at radius 1 is 1.56 bits per heavy atom. The van der Waals surface area contributed by atoms with Crippen LogP contribution in [-0.2, 0) is 4.74 Å². The zero-order valence-corrected chi connectivity index (χ0v) is 11.9. The molecule has 18 heavy (non-hydrogen) atoms. The van der Waals surface area contributed by atoms with Gasteiger partial charge in [0.05, 0.1) is 6.04 Å². The molecule has 1 atom stereocenters. The molecule has 1 amide bonds. The SMILES string of the molecule is CN(C)C=C1CN(C(=O)OC(C)(C)C)CC1NN. The molecule has 1 fully saturated rings. The molecule has 1 unspecified atom stereocenters. The normalized spacial score (nSPS) is 22.4. The van der Waals surface area contributed by atoms with Crippen LogP contribution >= 0.6 is 0 Å². The van der Waals surface area contributed by atoms with Gasteiger partial charge in [0.15, 0.2) is 0 Å². The van der Waals surface area contributed by atoms with Crippen LogP contribution in [0.1, 0.15) is 20.8 Å². The summed E-state index contributed by atoms with van der Waals surface area (Å²) in [6.07, 6.45) is 1.68. The Morgan fingerprint density at radius 3 is 2.61 bits per heavy atom. The third-order valence-electron chi connectivity index (χ3n) is 2.50. The Hall–Kier alpha value is -1.27. The van der Waals surface area contributed by atoms with E-state index in [1.54, 1.807) is 4.90 Å². The first-order chi connectivity index (χ1) is 8.23. The molecule has 0 radical (unpaired) electrons. The van der Waals surface area contributed by atoms with Gasteiger partial charge in [-0.2, -0.15) is 0 Å². The Kier molecular flexibility index (Phi) is 4.59. The van der Waals surface area contributed by atoms with Crippen molar-refractivity contribution in [1.29, 1.82) is 0 Å². The van der Waals surface area contributed by atoms with Gasteiger partial charge < -0.3 is 14.5 Å². The van der Waals surface area contributed by atoms with Gasteiger partial charge in [0.25, 0.3) is 0 Å². The molecule has 6 nitrogen and oxygen atoms in total. The van der Waals surface area contributed by atoms with E-state index in [1.165, 1.54) is 0 Å². The lowest BCUT2D eigenvalue weighted by Gasteiger charge is -2.24. The number of ether oxygens (including phenoxy) is 1. The number of likely N-dealkylation sites (tertiary alicyclic amines) is 1. The van der Waals surface area contributed by atoms with Crippen LogP contribution in [0.15, 0.2) is 11.8 Å². The lowest BCUT2D eigenvalue weighted by molar-refractivity contribution is 0.0294. The highest BCUT2D eigenvalue weighted by atomic mass is 16.6. The maximum Gasteiger partial charge on any atom is 0.410 e. The molecule has 0 spiro atoms. The summed E-state index contributed by atoms with van der Waals surface area (Å²) in [5, 5.41) is 0. The van der Waals surface area contributed by atoms with Gasteiger partial charge in [-0.1, -0.05) is 0 Å². The minimum Gasteiger partial charge on any atom is -0.444 e. The van der Waals surface area contributed by atoms with Crippen molar-refractivity contribution in [2.75, 3.05) is 27.2 Å². The number of hydrogen-bond acceptors (Lipinski definition) is 5. The Morgan fingerprint density at radius 2 is 2.17 bits per heavy atom. The van der Waals surface area contributed by atoms with E-state index < -0.39 is 5.60 Å². The van der Waals surface area contributed by atoms with Gasteiger partial charge in [-0.25, -0.2) is 4.79 Å². The zero-order chi connectivity index (χ0) is 13.9. The first-order valence-electron chi connectivity index (χ1n) is 6.04. The summed E-state index contributed by atoms with van der Waals surface area (Å²) in [7, 11) is 3.88. The number of rotatable bonds is 2. The van der Waals surface area contributed by atoms with Crippen molar-refractivity contribution in [3.8, 4) is 0 Å². The fourth-order valence-electron chi connectivity index (χ4n) is 1.82. The minimum atomic E-state index is -0.475. The second-order valence-electron chi connectivity index (χ2n) is 5.75. The van der Waals surface area contributed by atoms with Gasteiger partial charge in [-0.05, 0) is 26.3 Å². The molecule has 0 aromatic heterocycles.